The lowest BCUT2D eigenvalue weighted by molar-refractivity contribution is -0.143. The number of hydrogen-bond donors (Lipinski definition) is 1. The van der Waals surface area contributed by atoms with Gasteiger partial charge in [0.25, 0.3) is 0 Å². The summed E-state index contributed by atoms with van der Waals surface area (Å²) in [5.74, 6) is -0.303. The SMILES string of the molecule is Cc1sc(NC(=O)CCC(=O)OCC(=O)c2ccc3c(c2)OCO3)nc1-c1ccccc1. The molecule has 1 N–H and O–H groups in total. The van der Waals surface area contributed by atoms with Gasteiger partial charge in [0.1, 0.15) is 0 Å². The second-order valence-corrected chi connectivity index (χ2v) is 8.19. The summed E-state index contributed by atoms with van der Waals surface area (Å²) in [4.78, 5) is 41.8. The molecule has 0 bridgehead atoms. The third-order valence-corrected chi connectivity index (χ3v) is 5.59. The Hall–Kier alpha value is -3.72. The Labute approximate surface area is 188 Å². The van der Waals surface area contributed by atoms with E-state index in [2.05, 4.69) is 10.3 Å². The van der Waals surface area contributed by atoms with E-state index in [-0.39, 0.29) is 31.3 Å². The van der Waals surface area contributed by atoms with Crippen LogP contribution in [0.3, 0.4) is 0 Å². The standard InChI is InChI=1S/C23H20N2O6S/c1-14-22(15-5-3-2-4-6-15)25-23(32-14)24-20(27)9-10-21(28)29-12-17(26)16-7-8-18-19(11-16)31-13-30-18/h2-8,11H,9-10,12-13H2,1H3,(H,24,25,27). The van der Waals surface area contributed by atoms with Crippen LogP contribution in [0.15, 0.2) is 48.5 Å². The third-order valence-electron chi connectivity index (χ3n) is 4.71. The van der Waals surface area contributed by atoms with Gasteiger partial charge in [0.2, 0.25) is 12.7 Å². The molecule has 9 heteroatoms. The number of esters is 1. The summed E-state index contributed by atoms with van der Waals surface area (Å²) in [5.41, 5.74) is 2.14. The quantitative estimate of drug-likeness (QED) is 0.407. The number of hydrogen-bond acceptors (Lipinski definition) is 8. The molecule has 0 saturated carbocycles. The van der Waals surface area contributed by atoms with Gasteiger partial charge in [-0.15, -0.1) is 11.3 Å². The van der Waals surface area contributed by atoms with Crippen molar-refractivity contribution in [2.45, 2.75) is 19.8 Å². The highest BCUT2D eigenvalue weighted by molar-refractivity contribution is 7.16. The summed E-state index contributed by atoms with van der Waals surface area (Å²) in [6.45, 7) is 1.63. The van der Waals surface area contributed by atoms with E-state index in [1.54, 1.807) is 18.2 Å². The number of carbonyl (C=O) groups is 3. The van der Waals surface area contributed by atoms with E-state index in [9.17, 15) is 14.4 Å². The largest absolute Gasteiger partial charge is 0.457 e. The Morgan fingerprint density at radius 1 is 1.06 bits per heavy atom. The van der Waals surface area contributed by atoms with Crippen molar-refractivity contribution in [3.05, 3.63) is 59.0 Å². The highest BCUT2D eigenvalue weighted by Gasteiger charge is 2.18. The number of nitrogens with one attached hydrogen (secondary N) is 1. The summed E-state index contributed by atoms with van der Waals surface area (Å²) in [5, 5.41) is 3.18. The Morgan fingerprint density at radius 2 is 1.84 bits per heavy atom. The van der Waals surface area contributed by atoms with Gasteiger partial charge in [-0.05, 0) is 25.1 Å². The lowest BCUT2D eigenvalue weighted by atomic mass is 10.1. The first-order valence-electron chi connectivity index (χ1n) is 9.91. The van der Waals surface area contributed by atoms with Crippen molar-refractivity contribution in [3.8, 4) is 22.8 Å². The van der Waals surface area contributed by atoms with Gasteiger partial charge in [-0.1, -0.05) is 30.3 Å². The predicted octanol–water partition coefficient (Wildman–Crippen LogP) is 3.99. The number of Topliss-reactive ketones (excluding diaryl/α,β-unsaturated/α-hetero) is 1. The Kier molecular flexibility index (Phi) is 6.46. The van der Waals surface area contributed by atoms with E-state index in [0.717, 1.165) is 16.1 Å². The highest BCUT2D eigenvalue weighted by atomic mass is 32.1. The van der Waals surface area contributed by atoms with E-state index in [1.165, 1.54) is 11.3 Å². The monoisotopic (exact) mass is 452 g/mol. The fourth-order valence-corrected chi connectivity index (χ4v) is 3.93. The minimum atomic E-state index is -0.630. The average molecular weight is 452 g/mol. The Morgan fingerprint density at radius 3 is 2.66 bits per heavy atom. The average Bonchev–Trinajstić information content (AvgIpc) is 3.42. The zero-order valence-corrected chi connectivity index (χ0v) is 18.1. The van der Waals surface area contributed by atoms with Crippen LogP contribution in [0.4, 0.5) is 5.13 Å². The van der Waals surface area contributed by atoms with Gasteiger partial charge in [0.15, 0.2) is 29.0 Å². The maximum atomic E-state index is 12.2. The van der Waals surface area contributed by atoms with Crippen LogP contribution in [0.2, 0.25) is 0 Å². The molecule has 0 unspecified atom stereocenters. The molecule has 2 heterocycles. The first-order chi connectivity index (χ1) is 15.5. The van der Waals surface area contributed by atoms with Crippen molar-refractivity contribution >= 4 is 34.1 Å². The predicted molar refractivity (Wildman–Crippen MR) is 118 cm³/mol. The van der Waals surface area contributed by atoms with E-state index in [1.807, 2.05) is 37.3 Å². The fraction of sp³-hybridized carbons (Fsp3) is 0.217. The summed E-state index contributed by atoms with van der Waals surface area (Å²) in [7, 11) is 0. The molecule has 3 aromatic rings. The summed E-state index contributed by atoms with van der Waals surface area (Å²) >= 11 is 1.37. The number of fused-ring (bicyclic) bond motifs is 1. The number of aromatic nitrogens is 1. The second-order valence-electron chi connectivity index (χ2n) is 6.99. The second kappa shape index (κ2) is 9.61. The summed E-state index contributed by atoms with van der Waals surface area (Å²) < 4.78 is 15.4. The van der Waals surface area contributed by atoms with Crippen LogP contribution in [0.5, 0.6) is 11.5 Å². The van der Waals surface area contributed by atoms with Gasteiger partial charge in [0, 0.05) is 22.4 Å². The molecule has 1 amide bonds. The smallest absolute Gasteiger partial charge is 0.306 e. The fourth-order valence-electron chi connectivity index (χ4n) is 3.08. The van der Waals surface area contributed by atoms with Crippen LogP contribution < -0.4 is 14.8 Å². The molecule has 164 valence electrons. The van der Waals surface area contributed by atoms with Crippen molar-refractivity contribution in [1.29, 1.82) is 0 Å². The van der Waals surface area contributed by atoms with Crippen LogP contribution in [0.25, 0.3) is 11.3 Å². The van der Waals surface area contributed by atoms with Crippen LogP contribution in [-0.2, 0) is 14.3 Å². The molecule has 8 nitrogen and oxygen atoms in total. The van der Waals surface area contributed by atoms with Crippen LogP contribution >= 0.6 is 11.3 Å². The summed E-state index contributed by atoms with van der Waals surface area (Å²) in [6.07, 6.45) is -0.216. The van der Waals surface area contributed by atoms with Crippen molar-refractivity contribution in [1.82, 2.24) is 4.98 Å². The van der Waals surface area contributed by atoms with Gasteiger partial charge in [0.05, 0.1) is 12.1 Å². The molecule has 0 saturated heterocycles. The van der Waals surface area contributed by atoms with Crippen molar-refractivity contribution in [3.63, 3.8) is 0 Å². The van der Waals surface area contributed by atoms with Crippen LogP contribution in [-0.4, -0.2) is 36.0 Å². The van der Waals surface area contributed by atoms with E-state index in [4.69, 9.17) is 14.2 Å². The van der Waals surface area contributed by atoms with E-state index in [0.29, 0.717) is 22.2 Å². The molecule has 0 aliphatic carbocycles. The first-order valence-corrected chi connectivity index (χ1v) is 10.7. The number of carbonyl (C=O) groups excluding carboxylic acids is 3. The van der Waals surface area contributed by atoms with Gasteiger partial charge >= 0.3 is 5.97 Å². The molecule has 32 heavy (non-hydrogen) atoms. The minimum Gasteiger partial charge on any atom is -0.457 e. The molecule has 0 fully saturated rings. The molecule has 0 atom stereocenters. The normalized spacial score (nSPS) is 11.8. The van der Waals surface area contributed by atoms with Crippen LogP contribution in [0.1, 0.15) is 28.1 Å². The lowest BCUT2D eigenvalue weighted by Crippen LogP contribution is -2.17. The number of ketones is 1. The van der Waals surface area contributed by atoms with Gasteiger partial charge in [-0.3, -0.25) is 14.4 Å². The number of benzene rings is 2. The number of thiazole rings is 1. The minimum absolute atomic E-state index is 0.0731. The molecule has 4 rings (SSSR count). The van der Waals surface area contributed by atoms with E-state index < -0.39 is 12.6 Å². The van der Waals surface area contributed by atoms with Crippen molar-refractivity contribution in [2.75, 3.05) is 18.7 Å². The maximum absolute atomic E-state index is 12.2. The topological polar surface area (TPSA) is 104 Å². The first kappa shape index (κ1) is 21.5. The molecule has 1 aliphatic heterocycles. The summed E-state index contributed by atoms with van der Waals surface area (Å²) in [6, 6.07) is 14.4. The molecule has 1 aliphatic rings. The lowest BCUT2D eigenvalue weighted by Gasteiger charge is -2.05. The Balaban J connectivity index is 1.23. The molecule has 1 aromatic heterocycles. The number of nitrogens with zero attached hydrogens (tertiary/aromatic N) is 1. The molecule has 2 aromatic carbocycles. The van der Waals surface area contributed by atoms with Crippen LogP contribution in [0, 0.1) is 6.92 Å². The van der Waals surface area contributed by atoms with Crippen molar-refractivity contribution < 1.29 is 28.6 Å². The zero-order chi connectivity index (χ0) is 22.5. The number of amides is 1. The molecule has 0 radical (unpaired) electrons. The Bertz CT molecular complexity index is 1160. The molecular weight excluding hydrogens is 432 g/mol. The number of aryl methyl sites for hydroxylation is 1. The number of rotatable bonds is 8. The maximum Gasteiger partial charge on any atom is 0.306 e. The number of anilines is 1. The molecular formula is C23H20N2O6S. The zero-order valence-electron chi connectivity index (χ0n) is 17.3. The van der Waals surface area contributed by atoms with Crippen molar-refractivity contribution in [2.24, 2.45) is 0 Å². The van der Waals surface area contributed by atoms with Gasteiger partial charge in [-0.25, -0.2) is 4.98 Å². The third kappa shape index (κ3) is 5.12. The highest BCUT2D eigenvalue weighted by Crippen LogP contribution is 2.32. The number of ether oxygens (including phenoxy) is 3. The van der Waals surface area contributed by atoms with Gasteiger partial charge in [-0.2, -0.15) is 0 Å². The van der Waals surface area contributed by atoms with Gasteiger partial charge < -0.3 is 19.5 Å². The van der Waals surface area contributed by atoms with E-state index >= 15 is 0 Å². The molecule has 0 spiro atoms.